The molecule has 0 aliphatic heterocycles. The summed E-state index contributed by atoms with van der Waals surface area (Å²) in [5.41, 5.74) is 0.928. The van der Waals surface area contributed by atoms with Crippen molar-refractivity contribution in [1.82, 2.24) is 14.6 Å². The van der Waals surface area contributed by atoms with E-state index in [-0.39, 0.29) is 27.9 Å². The van der Waals surface area contributed by atoms with Gasteiger partial charge in [0.2, 0.25) is 5.88 Å². The molecular formula is C15H10F2N4OS2. The van der Waals surface area contributed by atoms with Gasteiger partial charge in [0.25, 0.3) is 5.69 Å². The zero-order valence-electron chi connectivity index (χ0n) is 12.3. The summed E-state index contributed by atoms with van der Waals surface area (Å²) in [7, 11) is 0. The lowest BCUT2D eigenvalue weighted by Gasteiger charge is -2.05. The molecule has 0 aliphatic rings. The first kappa shape index (κ1) is 16.5. The van der Waals surface area contributed by atoms with Crippen molar-refractivity contribution in [3.8, 4) is 5.88 Å². The van der Waals surface area contributed by atoms with Crippen LogP contribution in [0.25, 0.3) is 10.5 Å². The van der Waals surface area contributed by atoms with E-state index in [1.807, 2.05) is 0 Å². The van der Waals surface area contributed by atoms with Crippen LogP contribution in [0.1, 0.15) is 5.69 Å². The normalized spacial score (nSPS) is 10.9. The SMILES string of the molecule is [C-]#[N+]c1c(SC)nn2c(O)cc(CSc3cccc(F)c3F)nc12. The van der Waals surface area contributed by atoms with Crippen LogP contribution in [0.15, 0.2) is 34.2 Å². The Kier molecular flexibility index (Phi) is 4.59. The number of thioether (sulfide) groups is 2. The maximum atomic E-state index is 13.7. The van der Waals surface area contributed by atoms with Crippen molar-refractivity contribution < 1.29 is 13.9 Å². The van der Waals surface area contributed by atoms with Crippen molar-refractivity contribution in [1.29, 1.82) is 0 Å². The maximum absolute atomic E-state index is 13.7. The second-order valence-electron chi connectivity index (χ2n) is 4.65. The molecular weight excluding hydrogens is 354 g/mol. The Hall–Kier alpha value is -2.31. The van der Waals surface area contributed by atoms with Gasteiger partial charge in [-0.25, -0.2) is 18.6 Å². The molecule has 0 saturated heterocycles. The summed E-state index contributed by atoms with van der Waals surface area (Å²) in [5.74, 6) is -1.78. The summed E-state index contributed by atoms with van der Waals surface area (Å²) < 4.78 is 28.1. The van der Waals surface area contributed by atoms with Crippen molar-refractivity contribution in [3.63, 3.8) is 0 Å². The summed E-state index contributed by atoms with van der Waals surface area (Å²) in [4.78, 5) is 7.88. The lowest BCUT2D eigenvalue weighted by Crippen LogP contribution is -1.96. The third-order valence-corrected chi connectivity index (χ3v) is 4.89. The number of rotatable bonds is 4. The van der Waals surface area contributed by atoms with Gasteiger partial charge in [0.15, 0.2) is 17.3 Å². The fraction of sp³-hybridized carbons (Fsp3) is 0.133. The summed E-state index contributed by atoms with van der Waals surface area (Å²) in [5, 5.41) is 14.7. The van der Waals surface area contributed by atoms with Crippen molar-refractivity contribution in [2.45, 2.75) is 15.7 Å². The van der Waals surface area contributed by atoms with Gasteiger partial charge in [0.05, 0.1) is 12.3 Å². The lowest BCUT2D eigenvalue weighted by molar-refractivity contribution is 0.433. The molecule has 0 atom stereocenters. The average molecular weight is 364 g/mol. The highest BCUT2D eigenvalue weighted by Crippen LogP contribution is 2.34. The standard InChI is InChI=1S/C15H10F2N4OS2/c1-18-13-14-19-8(6-11(22)21(14)20-15(13)23-2)7-24-10-5-3-4-9(16)12(10)17/h3-6,22H,7H2,2H3. The van der Waals surface area contributed by atoms with E-state index in [1.54, 1.807) is 6.26 Å². The summed E-state index contributed by atoms with van der Waals surface area (Å²) in [6, 6.07) is 5.33. The molecule has 0 bridgehead atoms. The highest BCUT2D eigenvalue weighted by Gasteiger charge is 2.17. The molecule has 0 unspecified atom stereocenters. The van der Waals surface area contributed by atoms with E-state index in [0.29, 0.717) is 10.7 Å². The quantitative estimate of drug-likeness (QED) is 0.553. The molecule has 1 aromatic carbocycles. The van der Waals surface area contributed by atoms with E-state index in [2.05, 4.69) is 14.9 Å². The van der Waals surface area contributed by atoms with Gasteiger partial charge < -0.3 is 5.11 Å². The van der Waals surface area contributed by atoms with Gasteiger partial charge in [-0.2, -0.15) is 9.61 Å². The Bertz CT molecular complexity index is 968. The molecule has 0 saturated carbocycles. The number of fused-ring (bicyclic) bond motifs is 1. The van der Waals surface area contributed by atoms with Gasteiger partial charge in [0, 0.05) is 16.7 Å². The van der Waals surface area contributed by atoms with Crippen molar-refractivity contribution >= 4 is 34.9 Å². The summed E-state index contributed by atoms with van der Waals surface area (Å²) >= 11 is 2.34. The molecule has 9 heteroatoms. The zero-order valence-corrected chi connectivity index (χ0v) is 14.0. The third kappa shape index (κ3) is 2.90. The fourth-order valence-corrected chi connectivity index (χ4v) is 3.42. The van der Waals surface area contributed by atoms with Gasteiger partial charge in [-0.3, -0.25) is 0 Å². The van der Waals surface area contributed by atoms with Crippen molar-refractivity contribution in [2.24, 2.45) is 0 Å². The maximum Gasteiger partial charge on any atom is 0.263 e. The molecule has 0 radical (unpaired) electrons. The molecule has 1 N–H and O–H groups in total. The first-order valence-electron chi connectivity index (χ1n) is 6.65. The summed E-state index contributed by atoms with van der Waals surface area (Å²) in [6.45, 7) is 7.26. The van der Waals surface area contributed by atoms with Crippen LogP contribution in [0.3, 0.4) is 0 Å². The Balaban J connectivity index is 1.96. The molecule has 3 rings (SSSR count). The van der Waals surface area contributed by atoms with E-state index in [4.69, 9.17) is 6.57 Å². The van der Waals surface area contributed by atoms with Crippen LogP contribution in [-0.4, -0.2) is 26.0 Å². The Morgan fingerprint density at radius 3 is 2.88 bits per heavy atom. The summed E-state index contributed by atoms with van der Waals surface area (Å²) in [6.07, 6.45) is 1.77. The molecule has 5 nitrogen and oxygen atoms in total. The molecule has 122 valence electrons. The van der Waals surface area contributed by atoms with Gasteiger partial charge in [-0.15, -0.1) is 23.5 Å². The fourth-order valence-electron chi connectivity index (χ4n) is 2.08. The predicted molar refractivity (Wildman–Crippen MR) is 88.6 cm³/mol. The predicted octanol–water partition coefficient (Wildman–Crippen LogP) is 4.28. The number of aromatic nitrogens is 3. The van der Waals surface area contributed by atoms with Crippen molar-refractivity contribution in [2.75, 3.05) is 6.26 Å². The van der Waals surface area contributed by atoms with E-state index in [9.17, 15) is 13.9 Å². The van der Waals surface area contributed by atoms with Gasteiger partial charge in [0.1, 0.15) is 5.03 Å². The number of halogens is 2. The number of hydrogen-bond acceptors (Lipinski definition) is 5. The monoisotopic (exact) mass is 364 g/mol. The highest BCUT2D eigenvalue weighted by molar-refractivity contribution is 7.98. The zero-order chi connectivity index (χ0) is 17.3. The number of benzene rings is 1. The number of hydrogen-bond donors (Lipinski definition) is 1. The molecule has 0 spiro atoms. The number of aromatic hydroxyl groups is 1. The Labute approximate surface area is 144 Å². The molecule has 3 aromatic rings. The molecule has 0 fully saturated rings. The van der Waals surface area contributed by atoms with Crippen LogP contribution < -0.4 is 0 Å². The minimum atomic E-state index is -0.915. The van der Waals surface area contributed by atoms with E-state index in [0.717, 1.165) is 17.8 Å². The van der Waals surface area contributed by atoms with Crippen LogP contribution >= 0.6 is 23.5 Å². The molecule has 24 heavy (non-hydrogen) atoms. The molecule has 0 amide bonds. The van der Waals surface area contributed by atoms with E-state index in [1.165, 1.54) is 34.5 Å². The van der Waals surface area contributed by atoms with Gasteiger partial charge >= 0.3 is 0 Å². The van der Waals surface area contributed by atoms with Crippen LogP contribution in [0.2, 0.25) is 0 Å². The lowest BCUT2D eigenvalue weighted by atomic mass is 10.3. The number of nitrogens with zero attached hydrogens (tertiary/aromatic N) is 4. The second-order valence-corrected chi connectivity index (χ2v) is 6.46. The van der Waals surface area contributed by atoms with E-state index < -0.39 is 11.6 Å². The van der Waals surface area contributed by atoms with Gasteiger partial charge in [-0.1, -0.05) is 6.07 Å². The Morgan fingerprint density at radius 1 is 1.38 bits per heavy atom. The van der Waals surface area contributed by atoms with Crippen LogP contribution in [0, 0.1) is 18.2 Å². The molecule has 0 aliphatic carbocycles. The topological polar surface area (TPSA) is 54.8 Å². The molecule has 2 heterocycles. The smallest absolute Gasteiger partial charge is 0.263 e. The minimum absolute atomic E-state index is 0.153. The van der Waals surface area contributed by atoms with Crippen LogP contribution in [0.4, 0.5) is 14.5 Å². The first-order chi connectivity index (χ1) is 11.5. The van der Waals surface area contributed by atoms with Crippen LogP contribution in [-0.2, 0) is 5.75 Å². The molecule has 2 aromatic heterocycles. The Morgan fingerprint density at radius 2 is 2.17 bits per heavy atom. The highest BCUT2D eigenvalue weighted by atomic mass is 32.2. The third-order valence-electron chi connectivity index (χ3n) is 3.16. The average Bonchev–Trinajstić information content (AvgIpc) is 2.94. The van der Waals surface area contributed by atoms with Gasteiger partial charge in [-0.05, 0) is 18.4 Å². The van der Waals surface area contributed by atoms with Crippen LogP contribution in [0.5, 0.6) is 5.88 Å². The largest absolute Gasteiger partial charge is 0.493 e. The first-order valence-corrected chi connectivity index (χ1v) is 8.86. The van der Waals surface area contributed by atoms with Crippen molar-refractivity contribution in [3.05, 3.63) is 53.0 Å². The van der Waals surface area contributed by atoms with E-state index >= 15 is 0 Å². The minimum Gasteiger partial charge on any atom is -0.493 e. The second kappa shape index (κ2) is 6.67.